The summed E-state index contributed by atoms with van der Waals surface area (Å²) in [5.41, 5.74) is -0.859. The summed E-state index contributed by atoms with van der Waals surface area (Å²) in [6.45, 7) is 2.16. The average molecular weight is 225 g/mol. The van der Waals surface area contributed by atoms with Crippen LogP contribution in [0.4, 0.5) is 5.69 Å². The Balaban J connectivity index is 3.21. The van der Waals surface area contributed by atoms with Crippen LogP contribution in [0.1, 0.15) is 23.7 Å². The lowest BCUT2D eigenvalue weighted by molar-refractivity contribution is -0.386. The van der Waals surface area contributed by atoms with Crippen molar-refractivity contribution in [2.24, 2.45) is 0 Å². The van der Waals surface area contributed by atoms with Gasteiger partial charge in [-0.25, -0.2) is 4.79 Å². The molecule has 0 saturated heterocycles. The van der Waals surface area contributed by atoms with E-state index in [1.165, 1.54) is 18.2 Å². The van der Waals surface area contributed by atoms with E-state index >= 15 is 0 Å². The lowest BCUT2D eigenvalue weighted by Crippen LogP contribution is -2.06. The second-order valence-corrected chi connectivity index (χ2v) is 3.06. The number of carboxylic acids is 1. The van der Waals surface area contributed by atoms with Gasteiger partial charge in [-0.15, -0.1) is 0 Å². The fourth-order valence-corrected chi connectivity index (χ4v) is 1.21. The summed E-state index contributed by atoms with van der Waals surface area (Å²) in [7, 11) is 0. The number of ether oxygens (including phenoxy) is 1. The van der Waals surface area contributed by atoms with Gasteiger partial charge in [-0.05, 0) is 18.6 Å². The Morgan fingerprint density at radius 3 is 2.75 bits per heavy atom. The molecule has 16 heavy (non-hydrogen) atoms. The van der Waals surface area contributed by atoms with Crippen LogP contribution in [0.25, 0.3) is 0 Å². The minimum absolute atomic E-state index is 0.00764. The van der Waals surface area contributed by atoms with Crippen LogP contribution >= 0.6 is 0 Å². The quantitative estimate of drug-likeness (QED) is 0.612. The lowest BCUT2D eigenvalue weighted by atomic mass is 10.1. The molecule has 6 nitrogen and oxygen atoms in total. The minimum Gasteiger partial charge on any atom is -0.487 e. The first-order valence-corrected chi connectivity index (χ1v) is 4.71. The molecule has 86 valence electrons. The molecule has 0 aliphatic carbocycles. The van der Waals surface area contributed by atoms with Crippen LogP contribution in [0.5, 0.6) is 5.75 Å². The van der Waals surface area contributed by atoms with Crippen LogP contribution in [0, 0.1) is 10.1 Å². The first kappa shape index (κ1) is 12.0. The fourth-order valence-electron chi connectivity index (χ4n) is 1.21. The SMILES string of the molecule is CCCOc1cccc(C(=O)O)c1[N+](=O)[O-]. The van der Waals surface area contributed by atoms with Gasteiger partial charge >= 0.3 is 11.7 Å². The summed E-state index contributed by atoms with van der Waals surface area (Å²) in [5.74, 6) is -1.35. The highest BCUT2D eigenvalue weighted by Gasteiger charge is 2.24. The Labute approximate surface area is 91.6 Å². The van der Waals surface area contributed by atoms with E-state index in [1.54, 1.807) is 0 Å². The maximum absolute atomic E-state index is 10.8. The van der Waals surface area contributed by atoms with Crippen LogP contribution in [-0.4, -0.2) is 22.6 Å². The number of para-hydroxylation sites is 1. The number of nitrogens with zero attached hydrogens (tertiary/aromatic N) is 1. The number of rotatable bonds is 5. The van der Waals surface area contributed by atoms with Crippen LogP contribution in [-0.2, 0) is 0 Å². The van der Waals surface area contributed by atoms with Gasteiger partial charge in [0.25, 0.3) is 0 Å². The normalized spacial score (nSPS) is 9.81. The van der Waals surface area contributed by atoms with Crippen molar-refractivity contribution in [1.82, 2.24) is 0 Å². The van der Waals surface area contributed by atoms with Crippen molar-refractivity contribution in [2.45, 2.75) is 13.3 Å². The van der Waals surface area contributed by atoms with Crippen molar-refractivity contribution in [3.05, 3.63) is 33.9 Å². The smallest absolute Gasteiger partial charge is 0.342 e. The van der Waals surface area contributed by atoms with E-state index in [2.05, 4.69) is 0 Å². The summed E-state index contributed by atoms with van der Waals surface area (Å²) in [5, 5.41) is 19.6. The molecule has 0 fully saturated rings. The van der Waals surface area contributed by atoms with Crippen LogP contribution in [0.3, 0.4) is 0 Å². The largest absolute Gasteiger partial charge is 0.487 e. The van der Waals surface area contributed by atoms with Crippen LogP contribution in [0.2, 0.25) is 0 Å². The molecule has 0 amide bonds. The van der Waals surface area contributed by atoms with Gasteiger partial charge in [0.05, 0.1) is 11.5 Å². The summed E-state index contributed by atoms with van der Waals surface area (Å²) in [6.07, 6.45) is 0.689. The third kappa shape index (κ3) is 2.47. The molecular weight excluding hydrogens is 214 g/mol. The molecule has 0 spiro atoms. The van der Waals surface area contributed by atoms with Crippen molar-refractivity contribution in [3.8, 4) is 5.75 Å². The van der Waals surface area contributed by atoms with E-state index in [0.717, 1.165) is 0 Å². The molecular formula is C10H11NO5. The van der Waals surface area contributed by atoms with Gasteiger partial charge in [0.2, 0.25) is 0 Å². The molecule has 6 heteroatoms. The number of hydrogen-bond donors (Lipinski definition) is 1. The van der Waals surface area contributed by atoms with Crippen LogP contribution in [0.15, 0.2) is 18.2 Å². The summed E-state index contributed by atoms with van der Waals surface area (Å²) >= 11 is 0. The third-order valence-electron chi connectivity index (χ3n) is 1.87. The molecule has 0 bridgehead atoms. The molecule has 0 radical (unpaired) electrons. The maximum Gasteiger partial charge on any atom is 0.342 e. The maximum atomic E-state index is 10.8. The Morgan fingerprint density at radius 1 is 1.56 bits per heavy atom. The topological polar surface area (TPSA) is 89.7 Å². The number of carboxylic acid groups (broad SMARTS) is 1. The van der Waals surface area contributed by atoms with Gasteiger partial charge < -0.3 is 9.84 Å². The van der Waals surface area contributed by atoms with E-state index in [4.69, 9.17) is 9.84 Å². The monoisotopic (exact) mass is 225 g/mol. The predicted molar refractivity (Wildman–Crippen MR) is 55.8 cm³/mol. The molecule has 0 saturated carbocycles. The Hall–Kier alpha value is -2.11. The number of nitro groups is 1. The first-order chi connectivity index (χ1) is 7.57. The highest BCUT2D eigenvalue weighted by Crippen LogP contribution is 2.30. The van der Waals surface area contributed by atoms with Gasteiger partial charge in [0, 0.05) is 0 Å². The molecule has 0 aromatic heterocycles. The zero-order valence-electron chi connectivity index (χ0n) is 8.67. The van der Waals surface area contributed by atoms with Crippen molar-refractivity contribution >= 4 is 11.7 Å². The number of carbonyl (C=O) groups is 1. The van der Waals surface area contributed by atoms with Gasteiger partial charge in [-0.2, -0.15) is 0 Å². The second kappa shape index (κ2) is 5.11. The standard InChI is InChI=1S/C10H11NO5/c1-2-6-16-8-5-3-4-7(10(12)13)9(8)11(14)15/h3-5H,2,6H2,1H3,(H,12,13). The summed E-state index contributed by atoms with van der Waals surface area (Å²) < 4.78 is 5.13. The summed E-state index contributed by atoms with van der Waals surface area (Å²) in [4.78, 5) is 20.8. The van der Waals surface area contributed by atoms with Crippen LogP contribution < -0.4 is 4.74 Å². The third-order valence-corrected chi connectivity index (χ3v) is 1.87. The summed E-state index contributed by atoms with van der Waals surface area (Å²) in [6, 6.07) is 3.99. The highest BCUT2D eigenvalue weighted by molar-refractivity contribution is 5.93. The van der Waals surface area contributed by atoms with Gasteiger partial charge in [0.15, 0.2) is 5.75 Å². The van der Waals surface area contributed by atoms with E-state index < -0.39 is 16.6 Å². The predicted octanol–water partition coefficient (Wildman–Crippen LogP) is 2.08. The van der Waals surface area contributed by atoms with Gasteiger partial charge in [-0.3, -0.25) is 10.1 Å². The Kier molecular flexibility index (Phi) is 3.82. The molecule has 0 atom stereocenters. The van der Waals surface area contributed by atoms with E-state index in [1.807, 2.05) is 6.92 Å². The fraction of sp³-hybridized carbons (Fsp3) is 0.300. The Morgan fingerprint density at radius 2 is 2.25 bits per heavy atom. The molecule has 0 unspecified atom stereocenters. The minimum atomic E-state index is -1.34. The molecule has 1 aromatic rings. The van der Waals surface area contributed by atoms with E-state index in [0.29, 0.717) is 13.0 Å². The zero-order valence-corrected chi connectivity index (χ0v) is 8.67. The number of benzene rings is 1. The molecule has 1 aromatic carbocycles. The molecule has 1 N–H and O–H groups in total. The molecule has 0 aliphatic rings. The molecule has 0 aliphatic heterocycles. The van der Waals surface area contributed by atoms with Crippen molar-refractivity contribution < 1.29 is 19.6 Å². The number of nitro benzene ring substituents is 1. The van der Waals surface area contributed by atoms with Crippen molar-refractivity contribution in [3.63, 3.8) is 0 Å². The van der Waals surface area contributed by atoms with E-state index in [-0.39, 0.29) is 11.3 Å². The Bertz CT molecular complexity index is 416. The average Bonchev–Trinajstić information content (AvgIpc) is 2.25. The second-order valence-electron chi connectivity index (χ2n) is 3.06. The molecule has 0 heterocycles. The first-order valence-electron chi connectivity index (χ1n) is 4.71. The van der Waals surface area contributed by atoms with Crippen molar-refractivity contribution in [2.75, 3.05) is 6.61 Å². The number of aromatic carboxylic acids is 1. The van der Waals surface area contributed by atoms with E-state index in [9.17, 15) is 14.9 Å². The van der Waals surface area contributed by atoms with Gasteiger partial charge in [-0.1, -0.05) is 13.0 Å². The zero-order chi connectivity index (χ0) is 12.1. The molecule has 1 rings (SSSR count). The lowest BCUT2D eigenvalue weighted by Gasteiger charge is -2.06. The van der Waals surface area contributed by atoms with Gasteiger partial charge in [0.1, 0.15) is 5.56 Å². The van der Waals surface area contributed by atoms with Crippen molar-refractivity contribution in [1.29, 1.82) is 0 Å². The highest BCUT2D eigenvalue weighted by atomic mass is 16.6. The number of hydrogen-bond acceptors (Lipinski definition) is 4.